The van der Waals surface area contributed by atoms with E-state index in [0.717, 1.165) is 11.5 Å². The molecule has 1 aromatic heterocycles. The number of aromatic nitrogens is 2. The van der Waals surface area contributed by atoms with Crippen LogP contribution in [0.1, 0.15) is 39.6 Å². The van der Waals surface area contributed by atoms with Crippen molar-refractivity contribution in [1.29, 1.82) is 0 Å². The predicted molar refractivity (Wildman–Crippen MR) is 152 cm³/mol. The van der Waals surface area contributed by atoms with Gasteiger partial charge in [0.2, 0.25) is 5.91 Å². The molecule has 0 aromatic carbocycles. The number of hydroxylamine groups is 1. The smallest absolute Gasteiger partial charge is 0.410 e. The molecule has 3 amide bonds. The minimum atomic E-state index is -1.50. The molecule has 3 aliphatic heterocycles. The summed E-state index contributed by atoms with van der Waals surface area (Å²) >= 11 is 2.12. The van der Waals surface area contributed by atoms with Gasteiger partial charge >= 0.3 is 18.0 Å². The number of nitrogens with one attached hydrogen (secondary N) is 2. The van der Waals surface area contributed by atoms with Crippen LogP contribution in [-0.4, -0.2) is 126 Å². The molecule has 0 bridgehead atoms. The van der Waals surface area contributed by atoms with Crippen LogP contribution in [0.3, 0.4) is 0 Å². The molecule has 0 saturated carbocycles. The maximum atomic E-state index is 13.6. The molecular weight excluding hydrogens is 608 g/mol. The highest BCUT2D eigenvalue weighted by Gasteiger charge is 2.64. The molecule has 3 atom stereocenters. The first-order valence-electron chi connectivity index (χ1n) is 13.2. The third-order valence-corrected chi connectivity index (χ3v) is 9.27. The second-order valence-electron chi connectivity index (χ2n) is 11.7. The molecule has 0 spiro atoms. The van der Waals surface area contributed by atoms with Crippen molar-refractivity contribution in [3.63, 3.8) is 0 Å². The Morgan fingerprint density at radius 1 is 1.23 bits per heavy atom. The number of quaternary nitrogens is 1. The fraction of sp³-hybridized carbons (Fsp3) is 0.625. The Labute approximate surface area is 255 Å². The number of amides is 3. The maximum Gasteiger partial charge on any atom is 0.410 e. The zero-order chi connectivity index (χ0) is 31.9. The largest absolute Gasteiger partial charge is 0.479 e. The number of thioether (sulfide) groups is 1. The van der Waals surface area contributed by atoms with Gasteiger partial charge in [0.25, 0.3) is 5.91 Å². The van der Waals surface area contributed by atoms with Gasteiger partial charge < -0.3 is 26.0 Å². The molecule has 6 N–H and O–H groups in total. The molecule has 1 unspecified atom stereocenters. The van der Waals surface area contributed by atoms with Crippen LogP contribution in [0.4, 0.5) is 9.93 Å². The lowest BCUT2D eigenvalue weighted by molar-refractivity contribution is -0.876. The van der Waals surface area contributed by atoms with Crippen molar-refractivity contribution in [2.75, 3.05) is 51.3 Å². The number of carbonyl (C=O) groups is 5. The van der Waals surface area contributed by atoms with Crippen LogP contribution in [0.2, 0.25) is 0 Å². The van der Waals surface area contributed by atoms with E-state index in [0.29, 0.717) is 31.9 Å². The van der Waals surface area contributed by atoms with Gasteiger partial charge in [-0.2, -0.15) is 9.85 Å². The third kappa shape index (κ3) is 6.54. The lowest BCUT2D eigenvalue weighted by Gasteiger charge is -2.57. The van der Waals surface area contributed by atoms with Gasteiger partial charge in [-0.3, -0.25) is 28.7 Å². The molecule has 3 aliphatic rings. The van der Waals surface area contributed by atoms with Crippen molar-refractivity contribution in [1.82, 2.24) is 30.0 Å². The summed E-state index contributed by atoms with van der Waals surface area (Å²) in [5.74, 6) is -3.84. The Bertz CT molecular complexity index is 1350. The summed E-state index contributed by atoms with van der Waals surface area (Å²) in [5.41, 5.74) is 6.17. The lowest BCUT2D eigenvalue weighted by Crippen LogP contribution is -2.79. The predicted octanol–water partition coefficient (Wildman–Crippen LogP) is -0.449. The van der Waals surface area contributed by atoms with Crippen molar-refractivity contribution < 1.29 is 48.2 Å². The summed E-state index contributed by atoms with van der Waals surface area (Å²) in [6.45, 7) is 7.57. The normalized spacial score (nSPS) is 24.1. The number of carboxylic acid groups (broad SMARTS) is 2. The average Bonchev–Trinajstić information content (AvgIpc) is 3.34. The average molecular weight is 644 g/mol. The standard InChI is InChI=1S/C24H34N8O9S2/c1-23(2,3)41-22(39)30-6-8-32(5,9-7-30)12-11-42-20-24(4,19(38)31(20)15(12)18(36)37)27-17(35)14(28-40-10-13(33)34)16-26-21(25)43-29-16/h14,20,28H,6-11H2,1-5H3,(H4-,25,26,27,29,33,34,35,36,37)/p+1/t14?,20-,24+/m0/s1. The highest BCUT2D eigenvalue weighted by molar-refractivity contribution is 8.00. The number of nitrogen functional groups attached to an aromatic ring is 1. The Morgan fingerprint density at radius 2 is 1.88 bits per heavy atom. The van der Waals surface area contributed by atoms with E-state index in [1.54, 1.807) is 25.7 Å². The van der Waals surface area contributed by atoms with Crippen LogP contribution in [0.15, 0.2) is 11.4 Å². The van der Waals surface area contributed by atoms with Crippen molar-refractivity contribution in [2.24, 2.45) is 0 Å². The third-order valence-electron chi connectivity index (χ3n) is 7.27. The van der Waals surface area contributed by atoms with E-state index in [1.807, 2.05) is 7.05 Å². The molecule has 43 heavy (non-hydrogen) atoms. The molecule has 4 heterocycles. The molecule has 2 saturated heterocycles. The van der Waals surface area contributed by atoms with E-state index in [9.17, 15) is 29.1 Å². The summed E-state index contributed by atoms with van der Waals surface area (Å²) in [5, 5.41) is 21.1. The molecule has 17 nitrogen and oxygen atoms in total. The van der Waals surface area contributed by atoms with Gasteiger partial charge in [-0.25, -0.2) is 19.4 Å². The number of hydrogen-bond acceptors (Lipinski definition) is 13. The Kier molecular flexibility index (Phi) is 8.94. The highest BCUT2D eigenvalue weighted by Crippen LogP contribution is 2.48. The number of likely N-dealkylation sites (N-methyl/N-ethyl adjacent to an activating group) is 1. The molecule has 0 radical (unpaired) electrons. The summed E-state index contributed by atoms with van der Waals surface area (Å²) in [4.78, 5) is 74.5. The van der Waals surface area contributed by atoms with Gasteiger partial charge in [0.1, 0.15) is 29.6 Å². The fourth-order valence-electron chi connectivity index (χ4n) is 5.02. The van der Waals surface area contributed by atoms with Gasteiger partial charge in [0.15, 0.2) is 35.0 Å². The second kappa shape index (κ2) is 11.9. The number of nitrogens with two attached hydrogens (primary N) is 1. The molecule has 1 aromatic rings. The topological polar surface area (TPSA) is 227 Å². The summed E-state index contributed by atoms with van der Waals surface area (Å²) in [6.07, 6.45) is -0.439. The van der Waals surface area contributed by atoms with E-state index in [2.05, 4.69) is 20.2 Å². The van der Waals surface area contributed by atoms with Crippen molar-refractivity contribution >= 4 is 58.3 Å². The number of aliphatic carboxylic acids is 2. The van der Waals surface area contributed by atoms with E-state index in [4.69, 9.17) is 20.4 Å². The van der Waals surface area contributed by atoms with Crippen molar-refractivity contribution in [3.8, 4) is 0 Å². The summed E-state index contributed by atoms with van der Waals surface area (Å²) in [6, 6.07) is -1.41. The Morgan fingerprint density at radius 3 is 2.42 bits per heavy atom. The number of ether oxygens (including phenoxy) is 1. The van der Waals surface area contributed by atoms with Gasteiger partial charge in [0, 0.05) is 11.5 Å². The number of β-lactam (4-membered cyclic amide) rings is 1. The van der Waals surface area contributed by atoms with E-state index in [-0.39, 0.29) is 26.9 Å². The highest BCUT2D eigenvalue weighted by atomic mass is 32.2. The zero-order valence-corrected chi connectivity index (χ0v) is 25.9. The van der Waals surface area contributed by atoms with Crippen molar-refractivity contribution in [2.45, 2.75) is 50.3 Å². The Hall–Kier alpha value is -3.52. The first-order chi connectivity index (χ1) is 20.0. The van der Waals surface area contributed by atoms with Gasteiger partial charge in [0.05, 0.1) is 25.9 Å². The van der Waals surface area contributed by atoms with E-state index in [1.165, 1.54) is 23.6 Å². The second-order valence-corrected chi connectivity index (χ2v) is 13.5. The van der Waals surface area contributed by atoms with Crippen LogP contribution < -0.4 is 16.5 Å². The molecular formula is C24H35N8O9S2+. The lowest BCUT2D eigenvalue weighted by atomic mass is 9.88. The summed E-state index contributed by atoms with van der Waals surface area (Å²) < 4.78 is 9.67. The van der Waals surface area contributed by atoms with Crippen LogP contribution in [0, 0.1) is 0 Å². The fourth-order valence-corrected chi connectivity index (χ4v) is 7.10. The zero-order valence-electron chi connectivity index (χ0n) is 24.3. The molecule has 19 heteroatoms. The SMILES string of the molecule is CC(C)(C)OC(=O)N1CC[N+](C)(C2=C(C(=O)O)N3C(=O)[C@@](C)(NC(=O)C(NOCC(=O)O)c4nsc(N)n4)[C@@H]3SC2)CC1. The van der Waals surface area contributed by atoms with Crippen LogP contribution in [0.25, 0.3) is 0 Å². The quantitative estimate of drug-likeness (QED) is 0.131. The molecule has 4 rings (SSSR count). The maximum absolute atomic E-state index is 13.6. The number of piperazine rings is 1. The Balaban J connectivity index is 1.52. The molecule has 236 valence electrons. The number of rotatable bonds is 9. The van der Waals surface area contributed by atoms with Crippen LogP contribution >= 0.6 is 23.3 Å². The number of carboxylic acids is 2. The summed E-state index contributed by atoms with van der Waals surface area (Å²) in [7, 11) is 1.87. The van der Waals surface area contributed by atoms with Gasteiger partial charge in [-0.15, -0.1) is 11.8 Å². The minimum Gasteiger partial charge on any atom is -0.479 e. The van der Waals surface area contributed by atoms with E-state index >= 15 is 0 Å². The van der Waals surface area contributed by atoms with Crippen LogP contribution in [-0.2, 0) is 28.8 Å². The van der Waals surface area contributed by atoms with Crippen LogP contribution in [0.5, 0.6) is 0 Å². The van der Waals surface area contributed by atoms with Gasteiger partial charge in [-0.05, 0) is 27.7 Å². The van der Waals surface area contributed by atoms with E-state index < -0.39 is 59.0 Å². The first kappa shape index (κ1) is 32.4. The van der Waals surface area contributed by atoms with Gasteiger partial charge in [-0.1, -0.05) is 0 Å². The van der Waals surface area contributed by atoms with Crippen molar-refractivity contribution in [3.05, 3.63) is 17.2 Å². The number of fused-ring (bicyclic) bond motifs is 1. The molecule has 2 fully saturated rings. The number of carbonyl (C=O) groups excluding carboxylic acids is 3. The minimum absolute atomic E-state index is 0.0556. The number of hydrogen-bond donors (Lipinski definition) is 5. The first-order valence-corrected chi connectivity index (χ1v) is 15.0. The number of anilines is 1. The number of nitrogens with zero attached hydrogens (tertiary/aromatic N) is 5. The molecule has 0 aliphatic carbocycles. The monoisotopic (exact) mass is 643 g/mol.